The zero-order valence-electron chi connectivity index (χ0n) is 11.8. The molecule has 0 radical (unpaired) electrons. The first-order chi connectivity index (χ1) is 10.2. The topological polar surface area (TPSA) is 21.3 Å². The number of hydrogen-bond donors (Lipinski definition) is 1. The number of benzene rings is 2. The van der Waals surface area contributed by atoms with Gasteiger partial charge in [0.05, 0.1) is 17.3 Å². The zero-order valence-corrected chi connectivity index (χ0v) is 15.0. The molecule has 1 aliphatic carbocycles. The van der Waals surface area contributed by atoms with Crippen LogP contribution in [0.5, 0.6) is 5.75 Å². The lowest BCUT2D eigenvalue weighted by atomic mass is 9.88. The van der Waals surface area contributed by atoms with E-state index >= 15 is 0 Å². The Bertz CT molecular complexity index is 657. The van der Waals surface area contributed by atoms with Gasteiger partial charge in [-0.2, -0.15) is 0 Å². The van der Waals surface area contributed by atoms with Crippen LogP contribution in [0.3, 0.4) is 0 Å². The van der Waals surface area contributed by atoms with Gasteiger partial charge in [-0.3, -0.25) is 0 Å². The Hall–Kier alpha value is -1.000. The minimum Gasteiger partial charge on any atom is -0.495 e. The van der Waals surface area contributed by atoms with Gasteiger partial charge < -0.3 is 10.1 Å². The van der Waals surface area contributed by atoms with Crippen LogP contribution in [-0.4, -0.2) is 13.2 Å². The van der Waals surface area contributed by atoms with Gasteiger partial charge in [0, 0.05) is 16.6 Å². The molecular weight excluding hydrogens is 394 g/mol. The fraction of sp³-hybridized carbons (Fsp3) is 0.294. The highest BCUT2D eigenvalue weighted by Crippen LogP contribution is 2.35. The predicted octanol–water partition coefficient (Wildman–Crippen LogP) is 5.19. The molecule has 2 aromatic rings. The summed E-state index contributed by atoms with van der Waals surface area (Å²) in [6, 6.07) is 13.3. The maximum atomic E-state index is 5.38. The molecule has 21 heavy (non-hydrogen) atoms. The summed E-state index contributed by atoms with van der Waals surface area (Å²) in [5.41, 5.74) is 4.03. The average Bonchev–Trinajstić information content (AvgIpc) is 2.50. The highest BCUT2D eigenvalue weighted by molar-refractivity contribution is 9.11. The molecule has 3 rings (SSSR count). The molecule has 0 saturated heterocycles. The van der Waals surface area contributed by atoms with Crippen LogP contribution in [0, 0.1) is 0 Å². The van der Waals surface area contributed by atoms with Crippen molar-refractivity contribution >= 4 is 37.5 Å². The molecule has 0 bridgehead atoms. The van der Waals surface area contributed by atoms with Crippen molar-refractivity contribution in [1.29, 1.82) is 0 Å². The summed E-state index contributed by atoms with van der Waals surface area (Å²) in [4.78, 5) is 0. The van der Waals surface area contributed by atoms with Crippen LogP contribution in [0.25, 0.3) is 0 Å². The monoisotopic (exact) mass is 409 g/mol. The first-order valence-electron chi connectivity index (χ1n) is 7.03. The fourth-order valence-electron chi connectivity index (χ4n) is 2.84. The first kappa shape index (κ1) is 14.9. The Morgan fingerprint density at radius 2 is 1.86 bits per heavy atom. The van der Waals surface area contributed by atoms with Crippen LogP contribution in [0.4, 0.5) is 5.69 Å². The predicted molar refractivity (Wildman–Crippen MR) is 94.3 cm³/mol. The van der Waals surface area contributed by atoms with E-state index in [-0.39, 0.29) is 0 Å². The minimum atomic E-state index is 0.460. The van der Waals surface area contributed by atoms with E-state index < -0.39 is 0 Å². The number of nitrogens with one attached hydrogen (secondary N) is 1. The SMILES string of the molecule is COc1cc(NC2CCc3ccccc3C2)c(Br)cc1Br. The number of hydrogen-bond acceptors (Lipinski definition) is 2. The number of ether oxygens (including phenoxy) is 1. The standard InChI is InChI=1S/C17H17Br2NO/c1-21-17-10-16(14(18)9-15(17)19)20-13-7-6-11-4-2-3-5-12(11)8-13/h2-5,9-10,13,20H,6-8H2,1H3. The number of aryl methyl sites for hydroxylation is 1. The smallest absolute Gasteiger partial charge is 0.135 e. The van der Waals surface area contributed by atoms with Gasteiger partial charge in [0.1, 0.15) is 5.75 Å². The van der Waals surface area contributed by atoms with Crippen molar-refractivity contribution in [1.82, 2.24) is 0 Å². The van der Waals surface area contributed by atoms with Gasteiger partial charge in [0.15, 0.2) is 0 Å². The number of methoxy groups -OCH3 is 1. The van der Waals surface area contributed by atoms with Gasteiger partial charge in [0.2, 0.25) is 0 Å². The fourth-order valence-corrected chi connectivity index (χ4v) is 4.11. The van der Waals surface area contributed by atoms with Crippen molar-refractivity contribution in [3.05, 3.63) is 56.5 Å². The van der Waals surface area contributed by atoms with E-state index in [1.807, 2.05) is 12.1 Å². The van der Waals surface area contributed by atoms with Gasteiger partial charge >= 0.3 is 0 Å². The van der Waals surface area contributed by atoms with Gasteiger partial charge in [0.25, 0.3) is 0 Å². The van der Waals surface area contributed by atoms with E-state index in [0.29, 0.717) is 6.04 Å². The second-order valence-corrected chi connectivity index (χ2v) is 7.03. The van der Waals surface area contributed by atoms with E-state index in [2.05, 4.69) is 61.4 Å². The zero-order chi connectivity index (χ0) is 14.8. The van der Waals surface area contributed by atoms with Gasteiger partial charge in [-0.1, -0.05) is 24.3 Å². The molecule has 110 valence electrons. The van der Waals surface area contributed by atoms with E-state index in [4.69, 9.17) is 4.74 Å². The molecule has 0 aliphatic heterocycles. The summed E-state index contributed by atoms with van der Waals surface area (Å²) in [7, 11) is 1.69. The quantitative estimate of drug-likeness (QED) is 0.751. The lowest BCUT2D eigenvalue weighted by Crippen LogP contribution is -2.27. The molecule has 4 heteroatoms. The van der Waals surface area contributed by atoms with E-state index in [0.717, 1.165) is 39.6 Å². The minimum absolute atomic E-state index is 0.460. The van der Waals surface area contributed by atoms with Crippen molar-refractivity contribution in [3.63, 3.8) is 0 Å². The molecule has 1 atom stereocenters. The molecule has 2 nitrogen and oxygen atoms in total. The van der Waals surface area contributed by atoms with Gasteiger partial charge in [-0.05, 0) is 68.3 Å². The summed E-state index contributed by atoms with van der Waals surface area (Å²) in [6.45, 7) is 0. The molecule has 2 aromatic carbocycles. The van der Waals surface area contributed by atoms with Crippen LogP contribution in [0.1, 0.15) is 17.5 Å². The number of anilines is 1. The number of rotatable bonds is 3. The van der Waals surface area contributed by atoms with Gasteiger partial charge in [-0.15, -0.1) is 0 Å². The summed E-state index contributed by atoms with van der Waals surface area (Å²) < 4.78 is 7.38. The van der Waals surface area contributed by atoms with Crippen molar-refractivity contribution in [2.45, 2.75) is 25.3 Å². The molecule has 0 saturated carbocycles. The Morgan fingerprint density at radius 1 is 1.10 bits per heavy atom. The maximum Gasteiger partial charge on any atom is 0.135 e. The van der Waals surface area contributed by atoms with E-state index in [1.54, 1.807) is 7.11 Å². The second kappa shape index (κ2) is 6.41. The van der Waals surface area contributed by atoms with Crippen LogP contribution >= 0.6 is 31.9 Å². The molecular formula is C17H17Br2NO. The first-order valence-corrected chi connectivity index (χ1v) is 8.62. The lowest BCUT2D eigenvalue weighted by molar-refractivity contribution is 0.412. The van der Waals surface area contributed by atoms with Crippen molar-refractivity contribution < 1.29 is 4.74 Å². The third-order valence-corrected chi connectivity index (χ3v) is 5.22. The lowest BCUT2D eigenvalue weighted by Gasteiger charge is -2.27. The average molecular weight is 411 g/mol. The molecule has 0 fully saturated rings. The highest BCUT2D eigenvalue weighted by atomic mass is 79.9. The third kappa shape index (κ3) is 3.27. The Balaban J connectivity index is 1.79. The molecule has 0 heterocycles. The Labute approximate surface area is 142 Å². The Kier molecular flexibility index (Phi) is 4.55. The molecule has 1 aliphatic rings. The van der Waals surface area contributed by atoms with E-state index in [9.17, 15) is 0 Å². The molecule has 0 spiro atoms. The summed E-state index contributed by atoms with van der Waals surface area (Å²) in [6.07, 6.45) is 3.36. The summed E-state index contributed by atoms with van der Waals surface area (Å²) in [5.74, 6) is 0.844. The number of fused-ring (bicyclic) bond motifs is 1. The summed E-state index contributed by atoms with van der Waals surface area (Å²) >= 11 is 7.13. The molecule has 1 unspecified atom stereocenters. The largest absolute Gasteiger partial charge is 0.495 e. The van der Waals surface area contributed by atoms with Crippen molar-refractivity contribution in [2.75, 3.05) is 12.4 Å². The Morgan fingerprint density at radius 3 is 2.62 bits per heavy atom. The molecule has 0 amide bonds. The van der Waals surface area contributed by atoms with Crippen LogP contribution < -0.4 is 10.1 Å². The third-order valence-electron chi connectivity index (χ3n) is 3.95. The molecule has 1 N–H and O–H groups in total. The van der Waals surface area contributed by atoms with Crippen LogP contribution in [0.2, 0.25) is 0 Å². The van der Waals surface area contributed by atoms with Gasteiger partial charge in [-0.25, -0.2) is 0 Å². The highest BCUT2D eigenvalue weighted by Gasteiger charge is 2.19. The van der Waals surface area contributed by atoms with Crippen LogP contribution in [-0.2, 0) is 12.8 Å². The van der Waals surface area contributed by atoms with Crippen LogP contribution in [0.15, 0.2) is 45.3 Å². The second-order valence-electron chi connectivity index (χ2n) is 5.32. The normalized spacial score (nSPS) is 17.2. The molecule has 0 aromatic heterocycles. The summed E-state index contributed by atoms with van der Waals surface area (Å²) in [5, 5.41) is 3.64. The van der Waals surface area contributed by atoms with Crippen molar-refractivity contribution in [2.24, 2.45) is 0 Å². The van der Waals surface area contributed by atoms with Crippen molar-refractivity contribution in [3.8, 4) is 5.75 Å². The maximum absolute atomic E-state index is 5.38. The number of halogens is 2. The van der Waals surface area contributed by atoms with E-state index in [1.165, 1.54) is 11.1 Å².